The molecule has 0 radical (unpaired) electrons. The number of rotatable bonds is 1. The maximum Gasteiger partial charge on any atom is 0.0546 e. The quantitative estimate of drug-likeness (QED) is 0.672. The lowest BCUT2D eigenvalue weighted by molar-refractivity contribution is 0.582. The van der Waals surface area contributed by atoms with Crippen molar-refractivity contribution in [2.24, 2.45) is 0 Å². The molecule has 1 nitrogen and oxygen atoms in total. The highest BCUT2D eigenvalue weighted by molar-refractivity contribution is 9.08. The third-order valence-electron chi connectivity index (χ3n) is 1.82. The van der Waals surface area contributed by atoms with E-state index in [9.17, 15) is 0 Å². The summed E-state index contributed by atoms with van der Waals surface area (Å²) in [6, 6.07) is 4.14. The zero-order chi connectivity index (χ0) is 9.19. The van der Waals surface area contributed by atoms with Crippen LogP contribution in [0.15, 0.2) is 18.3 Å². The summed E-state index contributed by atoms with van der Waals surface area (Å²) in [6.07, 6.45) is 1.84. The van der Waals surface area contributed by atoms with E-state index in [4.69, 9.17) is 0 Å². The third-order valence-corrected chi connectivity index (χ3v) is 2.36. The first kappa shape index (κ1) is 9.72. The Balaban J connectivity index is 3.14. The van der Waals surface area contributed by atoms with Crippen LogP contribution in [-0.2, 0) is 10.7 Å². The van der Waals surface area contributed by atoms with Crippen molar-refractivity contribution in [2.75, 3.05) is 0 Å². The minimum absolute atomic E-state index is 0.192. The fourth-order valence-corrected chi connectivity index (χ4v) is 1.67. The Morgan fingerprint density at radius 1 is 1.42 bits per heavy atom. The van der Waals surface area contributed by atoms with E-state index in [0.29, 0.717) is 0 Å². The van der Waals surface area contributed by atoms with Crippen LogP contribution in [0, 0.1) is 0 Å². The van der Waals surface area contributed by atoms with Crippen LogP contribution >= 0.6 is 15.9 Å². The Morgan fingerprint density at radius 3 is 2.50 bits per heavy atom. The highest BCUT2D eigenvalue weighted by Gasteiger charge is 2.17. The van der Waals surface area contributed by atoms with Crippen LogP contribution in [-0.4, -0.2) is 4.98 Å². The number of halogens is 1. The van der Waals surface area contributed by atoms with Gasteiger partial charge in [-0.25, -0.2) is 0 Å². The second-order valence-corrected chi connectivity index (χ2v) is 4.44. The van der Waals surface area contributed by atoms with Crippen LogP contribution < -0.4 is 0 Å². The Hall–Kier alpha value is -0.370. The van der Waals surface area contributed by atoms with E-state index in [2.05, 4.69) is 47.8 Å². The van der Waals surface area contributed by atoms with Gasteiger partial charge in [-0.05, 0) is 17.0 Å². The predicted molar refractivity (Wildman–Crippen MR) is 55.6 cm³/mol. The topological polar surface area (TPSA) is 12.9 Å². The molecule has 0 N–H and O–H groups in total. The molecule has 66 valence electrons. The van der Waals surface area contributed by atoms with E-state index < -0.39 is 0 Å². The van der Waals surface area contributed by atoms with Crippen molar-refractivity contribution in [3.63, 3.8) is 0 Å². The zero-order valence-corrected chi connectivity index (χ0v) is 9.35. The Morgan fingerprint density at radius 2 is 2.08 bits per heavy atom. The molecule has 1 aromatic heterocycles. The second-order valence-electron chi connectivity index (χ2n) is 3.88. The Bertz CT molecular complexity index is 263. The lowest BCUT2D eigenvalue weighted by atomic mass is 9.86. The van der Waals surface area contributed by atoms with Crippen molar-refractivity contribution in [1.82, 2.24) is 4.98 Å². The number of nitrogens with zero attached hydrogens (tertiary/aromatic N) is 1. The first-order chi connectivity index (χ1) is 5.55. The summed E-state index contributed by atoms with van der Waals surface area (Å²) in [5, 5.41) is 0.834. The minimum Gasteiger partial charge on any atom is -0.260 e. The molecule has 0 fully saturated rings. The molecule has 1 heterocycles. The number of pyridine rings is 1. The van der Waals surface area contributed by atoms with E-state index in [-0.39, 0.29) is 5.41 Å². The number of hydrogen-bond donors (Lipinski definition) is 0. The first-order valence-electron chi connectivity index (χ1n) is 4.06. The molecule has 1 rings (SSSR count). The molecule has 0 aromatic carbocycles. The maximum atomic E-state index is 4.32. The van der Waals surface area contributed by atoms with Crippen LogP contribution in [0.25, 0.3) is 0 Å². The number of hydrogen-bond acceptors (Lipinski definition) is 1. The van der Waals surface area contributed by atoms with Crippen molar-refractivity contribution in [3.8, 4) is 0 Å². The van der Waals surface area contributed by atoms with Gasteiger partial charge in [0.15, 0.2) is 0 Å². The van der Waals surface area contributed by atoms with E-state index in [0.717, 1.165) is 11.0 Å². The number of aromatic nitrogens is 1. The van der Waals surface area contributed by atoms with Gasteiger partial charge in [0.2, 0.25) is 0 Å². The Kier molecular flexibility index (Phi) is 2.89. The van der Waals surface area contributed by atoms with Gasteiger partial charge in [0.1, 0.15) is 0 Å². The maximum absolute atomic E-state index is 4.32. The van der Waals surface area contributed by atoms with Gasteiger partial charge in [0.05, 0.1) is 5.69 Å². The smallest absolute Gasteiger partial charge is 0.0546 e. The van der Waals surface area contributed by atoms with Gasteiger partial charge in [-0.2, -0.15) is 0 Å². The molecule has 1 aromatic rings. The largest absolute Gasteiger partial charge is 0.260 e. The summed E-state index contributed by atoms with van der Waals surface area (Å²) >= 11 is 3.44. The van der Waals surface area contributed by atoms with Gasteiger partial charge in [-0.3, -0.25) is 4.98 Å². The molecule has 0 aliphatic heterocycles. The third kappa shape index (κ3) is 2.07. The van der Waals surface area contributed by atoms with E-state index in [1.807, 2.05) is 12.3 Å². The summed E-state index contributed by atoms with van der Waals surface area (Å²) < 4.78 is 0. The molecule has 12 heavy (non-hydrogen) atoms. The number of alkyl halides is 1. The lowest BCUT2D eigenvalue weighted by Crippen LogP contribution is -2.14. The predicted octanol–water partition coefficient (Wildman–Crippen LogP) is 3.27. The van der Waals surface area contributed by atoms with Gasteiger partial charge >= 0.3 is 0 Å². The molecule has 0 aliphatic carbocycles. The second kappa shape index (κ2) is 3.56. The molecule has 0 unspecified atom stereocenters. The van der Waals surface area contributed by atoms with E-state index >= 15 is 0 Å². The van der Waals surface area contributed by atoms with Crippen molar-refractivity contribution in [3.05, 3.63) is 29.6 Å². The van der Waals surface area contributed by atoms with Crippen LogP contribution in [0.1, 0.15) is 32.0 Å². The average Bonchev–Trinajstić information content (AvgIpc) is 2.03. The first-order valence-corrected chi connectivity index (χ1v) is 5.18. The van der Waals surface area contributed by atoms with Gasteiger partial charge in [-0.15, -0.1) is 0 Å². The standard InChI is InChI=1S/C10H14BrN/c1-10(2,3)8-5-4-6-12-9(8)7-11/h4-6H,7H2,1-3H3. The van der Waals surface area contributed by atoms with Crippen molar-refractivity contribution in [1.29, 1.82) is 0 Å². The van der Waals surface area contributed by atoms with Crippen molar-refractivity contribution < 1.29 is 0 Å². The summed E-state index contributed by atoms with van der Waals surface area (Å²) in [5.41, 5.74) is 2.66. The SMILES string of the molecule is CC(C)(C)c1cccnc1CBr. The molecule has 0 amide bonds. The molecule has 0 spiro atoms. The average molecular weight is 228 g/mol. The fourth-order valence-electron chi connectivity index (χ4n) is 1.23. The zero-order valence-electron chi connectivity index (χ0n) is 7.76. The molecule has 0 saturated carbocycles. The van der Waals surface area contributed by atoms with E-state index in [1.54, 1.807) is 0 Å². The van der Waals surface area contributed by atoms with Gasteiger partial charge in [0, 0.05) is 11.5 Å². The van der Waals surface area contributed by atoms with E-state index in [1.165, 1.54) is 5.56 Å². The monoisotopic (exact) mass is 227 g/mol. The van der Waals surface area contributed by atoms with Gasteiger partial charge in [0.25, 0.3) is 0 Å². The van der Waals surface area contributed by atoms with Crippen molar-refractivity contribution >= 4 is 15.9 Å². The highest BCUT2D eigenvalue weighted by Crippen LogP contribution is 2.25. The summed E-state index contributed by atoms with van der Waals surface area (Å²) in [6.45, 7) is 6.61. The van der Waals surface area contributed by atoms with Gasteiger partial charge in [-0.1, -0.05) is 42.8 Å². The van der Waals surface area contributed by atoms with Gasteiger partial charge < -0.3 is 0 Å². The molecular formula is C10H14BrN. The van der Waals surface area contributed by atoms with Crippen LogP contribution in [0.4, 0.5) is 0 Å². The lowest BCUT2D eigenvalue weighted by Gasteiger charge is -2.20. The fraction of sp³-hybridized carbons (Fsp3) is 0.500. The summed E-state index contributed by atoms with van der Waals surface area (Å²) in [5.74, 6) is 0. The minimum atomic E-state index is 0.192. The highest BCUT2D eigenvalue weighted by atomic mass is 79.9. The summed E-state index contributed by atoms with van der Waals surface area (Å²) in [4.78, 5) is 4.32. The van der Waals surface area contributed by atoms with Crippen LogP contribution in [0.3, 0.4) is 0 Å². The Labute approximate surface area is 82.3 Å². The normalized spacial score (nSPS) is 11.7. The summed E-state index contributed by atoms with van der Waals surface area (Å²) in [7, 11) is 0. The molecule has 2 heteroatoms. The van der Waals surface area contributed by atoms with Crippen LogP contribution in [0.2, 0.25) is 0 Å². The van der Waals surface area contributed by atoms with Crippen molar-refractivity contribution in [2.45, 2.75) is 31.5 Å². The van der Waals surface area contributed by atoms with Crippen LogP contribution in [0.5, 0.6) is 0 Å². The molecule has 0 saturated heterocycles. The molecule has 0 bridgehead atoms. The molecular weight excluding hydrogens is 214 g/mol. The molecule has 0 atom stereocenters. The molecule has 0 aliphatic rings.